The number of carbonyl (C=O) groups excluding carboxylic acids is 1. The van der Waals surface area contributed by atoms with Gasteiger partial charge in [0, 0.05) is 26.7 Å². The highest BCUT2D eigenvalue weighted by atomic mass is 79.9. The van der Waals surface area contributed by atoms with Crippen molar-refractivity contribution >= 4 is 59.1 Å². The van der Waals surface area contributed by atoms with Gasteiger partial charge in [0.15, 0.2) is 0 Å². The summed E-state index contributed by atoms with van der Waals surface area (Å²) in [6.45, 7) is 3.89. The van der Waals surface area contributed by atoms with Gasteiger partial charge in [0.1, 0.15) is 5.78 Å². The minimum atomic E-state index is -4.08. The minimum Gasteiger partial charge on any atom is -0.399 e. The summed E-state index contributed by atoms with van der Waals surface area (Å²) in [7, 11) is -4.08. The first-order chi connectivity index (χ1) is 14.3. The normalized spacial score (nSPS) is 24.0. The van der Waals surface area contributed by atoms with E-state index in [-0.39, 0.29) is 17.1 Å². The molecule has 0 heterocycles. The number of ketones is 1. The number of rotatable bonds is 3. The lowest BCUT2D eigenvalue weighted by molar-refractivity contribution is -0.128. The van der Waals surface area contributed by atoms with Crippen molar-refractivity contribution in [1.29, 1.82) is 0 Å². The zero-order valence-electron chi connectivity index (χ0n) is 17.4. The quantitative estimate of drug-likeness (QED) is 0.337. The zero-order chi connectivity index (χ0) is 23.2. The summed E-state index contributed by atoms with van der Waals surface area (Å²) in [6, 6.07) is 11.5. The molecule has 0 saturated heterocycles. The van der Waals surface area contributed by atoms with E-state index in [4.69, 9.17) is 16.0 Å². The van der Waals surface area contributed by atoms with Crippen LogP contribution in [0.2, 0.25) is 0 Å². The molecule has 2 bridgehead atoms. The molecule has 168 valence electrons. The molecule has 0 aliphatic heterocycles. The first-order valence-corrected chi connectivity index (χ1v) is 13.1. The van der Waals surface area contributed by atoms with Crippen LogP contribution < -0.4 is 11.5 Å². The monoisotopic (exact) mass is 572 g/mol. The molecule has 9 heteroatoms. The Labute approximate surface area is 199 Å². The number of benzene rings is 2. The number of halogens is 2. The van der Waals surface area contributed by atoms with Crippen molar-refractivity contribution in [2.24, 2.45) is 16.7 Å². The van der Waals surface area contributed by atoms with Gasteiger partial charge in [-0.2, -0.15) is 8.42 Å². The van der Waals surface area contributed by atoms with Crippen molar-refractivity contribution in [1.82, 2.24) is 0 Å². The lowest BCUT2D eigenvalue weighted by atomic mass is 9.70. The molecule has 6 nitrogen and oxygen atoms in total. The van der Waals surface area contributed by atoms with E-state index in [0.29, 0.717) is 12.8 Å². The van der Waals surface area contributed by atoms with E-state index in [0.717, 1.165) is 37.9 Å². The van der Waals surface area contributed by atoms with Crippen molar-refractivity contribution in [2.45, 2.75) is 33.1 Å². The number of carbonyl (C=O) groups is 1. The Morgan fingerprint density at radius 2 is 1.52 bits per heavy atom. The molecule has 5 N–H and O–H groups in total. The van der Waals surface area contributed by atoms with Gasteiger partial charge < -0.3 is 11.5 Å². The van der Waals surface area contributed by atoms with Crippen molar-refractivity contribution in [3.8, 4) is 11.1 Å². The highest BCUT2D eigenvalue weighted by Gasteiger charge is 2.65. The summed E-state index contributed by atoms with van der Waals surface area (Å²) in [5, 5.41) is 0. The van der Waals surface area contributed by atoms with E-state index in [1.54, 1.807) is 0 Å². The van der Waals surface area contributed by atoms with E-state index in [1.807, 2.05) is 50.2 Å². The molecule has 0 spiro atoms. The van der Waals surface area contributed by atoms with Gasteiger partial charge in [0.25, 0.3) is 10.1 Å². The number of nitrogen functional groups attached to an aromatic ring is 2. The Bertz CT molecular complexity index is 1080. The van der Waals surface area contributed by atoms with E-state index < -0.39 is 21.3 Å². The van der Waals surface area contributed by atoms with Crippen LogP contribution in [0.25, 0.3) is 11.1 Å². The van der Waals surface area contributed by atoms with Gasteiger partial charge in [-0.1, -0.05) is 57.8 Å². The van der Waals surface area contributed by atoms with Crippen LogP contribution in [0.5, 0.6) is 0 Å². The third-order valence-corrected chi connectivity index (χ3v) is 9.01. The smallest absolute Gasteiger partial charge is 0.265 e. The molecule has 0 amide bonds. The molecule has 2 fully saturated rings. The lowest BCUT2D eigenvalue weighted by Crippen LogP contribution is -2.42. The van der Waals surface area contributed by atoms with Gasteiger partial charge >= 0.3 is 0 Å². The second-order valence-corrected chi connectivity index (χ2v) is 12.0. The van der Waals surface area contributed by atoms with Gasteiger partial charge in [-0.15, -0.1) is 0 Å². The topological polar surface area (TPSA) is 123 Å². The van der Waals surface area contributed by atoms with Gasteiger partial charge in [0.05, 0.1) is 11.2 Å². The number of Topliss-reactive ketones (excluding diaryl/α,β-unsaturated/α-hetero) is 1. The minimum absolute atomic E-state index is 0.0152. The summed E-state index contributed by atoms with van der Waals surface area (Å²) in [4.78, 5) is 11.9. The molecule has 2 aliphatic rings. The first-order valence-electron chi connectivity index (χ1n) is 9.86. The number of anilines is 2. The zero-order valence-corrected chi connectivity index (χ0v) is 21.3. The van der Waals surface area contributed by atoms with Crippen molar-refractivity contribution in [2.75, 3.05) is 17.2 Å². The standard InChI is InChI=1S/C12H10Br2N2.C10H16O4S/c13-11-5-7(15)1-3-9(11)10-4-2-8(16)6-12(10)14;1-9(2)7-3-4-10(9,8(11)5-7)6-15(12,13)14/h1-6H,15-16H2;7H,3-6H2,1-2H3,(H,12,13,14). The molecule has 2 aromatic carbocycles. The highest BCUT2D eigenvalue weighted by molar-refractivity contribution is 9.11. The maximum Gasteiger partial charge on any atom is 0.265 e. The summed E-state index contributed by atoms with van der Waals surface area (Å²) in [6.07, 6.45) is 1.97. The number of hydrogen-bond acceptors (Lipinski definition) is 5. The van der Waals surface area contributed by atoms with Crippen molar-refractivity contribution < 1.29 is 17.8 Å². The van der Waals surface area contributed by atoms with Gasteiger partial charge in [-0.25, -0.2) is 0 Å². The molecular formula is C22H26Br2N2O4S. The van der Waals surface area contributed by atoms with Crippen LogP contribution in [0.1, 0.15) is 33.1 Å². The molecule has 0 radical (unpaired) electrons. The average molecular weight is 574 g/mol. The van der Waals surface area contributed by atoms with Crippen LogP contribution in [0.3, 0.4) is 0 Å². The fraction of sp³-hybridized carbons (Fsp3) is 0.409. The predicted molar refractivity (Wildman–Crippen MR) is 131 cm³/mol. The highest BCUT2D eigenvalue weighted by Crippen LogP contribution is 2.64. The fourth-order valence-corrected chi connectivity index (χ4v) is 7.44. The predicted octanol–water partition coefficient (Wildman–Crippen LogP) is 5.31. The molecule has 2 aromatic rings. The molecular weight excluding hydrogens is 548 g/mol. The summed E-state index contributed by atoms with van der Waals surface area (Å²) >= 11 is 7.01. The Hall–Kier alpha value is -1.42. The molecule has 2 saturated carbocycles. The molecule has 31 heavy (non-hydrogen) atoms. The molecule has 2 aliphatic carbocycles. The van der Waals surface area contributed by atoms with Gasteiger partial charge in [-0.05, 0) is 59.6 Å². The van der Waals surface area contributed by atoms with Crippen molar-refractivity contribution in [3.63, 3.8) is 0 Å². The Morgan fingerprint density at radius 1 is 1.03 bits per heavy atom. The largest absolute Gasteiger partial charge is 0.399 e. The maximum absolute atomic E-state index is 11.9. The SMILES string of the molecule is CC1(C)C2CCC1(CS(=O)(=O)O)C(=O)C2.Nc1ccc(-c2ccc(N)cc2Br)c(Br)c1. The van der Waals surface area contributed by atoms with Crippen LogP contribution in [-0.2, 0) is 14.9 Å². The second kappa shape index (κ2) is 8.50. The molecule has 2 atom stereocenters. The van der Waals surface area contributed by atoms with Crippen LogP contribution in [0, 0.1) is 16.7 Å². The van der Waals surface area contributed by atoms with Crippen LogP contribution in [0.15, 0.2) is 45.3 Å². The number of fused-ring (bicyclic) bond motifs is 2. The van der Waals surface area contributed by atoms with Gasteiger partial charge in [0.2, 0.25) is 0 Å². The van der Waals surface area contributed by atoms with Crippen LogP contribution >= 0.6 is 31.9 Å². The van der Waals surface area contributed by atoms with E-state index in [1.165, 1.54) is 0 Å². The second-order valence-electron chi connectivity index (χ2n) is 8.87. The van der Waals surface area contributed by atoms with Gasteiger partial charge in [-0.3, -0.25) is 9.35 Å². The Kier molecular flexibility index (Phi) is 6.64. The number of nitrogens with two attached hydrogens (primary N) is 2. The summed E-state index contributed by atoms with van der Waals surface area (Å²) in [5.74, 6) is -0.101. The maximum atomic E-state index is 11.9. The van der Waals surface area contributed by atoms with E-state index in [9.17, 15) is 13.2 Å². The lowest BCUT2D eigenvalue weighted by Gasteiger charge is -2.35. The average Bonchev–Trinajstić information content (AvgIpc) is 2.96. The Morgan fingerprint density at radius 3 is 1.84 bits per heavy atom. The van der Waals surface area contributed by atoms with E-state index >= 15 is 0 Å². The van der Waals surface area contributed by atoms with Crippen LogP contribution in [0.4, 0.5) is 11.4 Å². The van der Waals surface area contributed by atoms with Crippen LogP contribution in [-0.4, -0.2) is 24.5 Å². The molecule has 4 rings (SSSR count). The number of hydrogen-bond donors (Lipinski definition) is 3. The van der Waals surface area contributed by atoms with Crippen molar-refractivity contribution in [3.05, 3.63) is 45.3 Å². The molecule has 2 unspecified atom stereocenters. The molecule has 0 aromatic heterocycles. The third kappa shape index (κ3) is 4.69. The summed E-state index contributed by atoms with van der Waals surface area (Å²) < 4.78 is 32.9. The first kappa shape index (κ1) is 24.2. The Balaban J connectivity index is 0.000000176. The third-order valence-electron chi connectivity index (χ3n) is 6.84. The summed E-state index contributed by atoms with van der Waals surface area (Å²) in [5.41, 5.74) is 13.9. The van der Waals surface area contributed by atoms with E-state index in [2.05, 4.69) is 31.9 Å². The fourth-order valence-electron chi connectivity index (χ4n) is 4.92.